The Labute approximate surface area is 113 Å². The summed E-state index contributed by atoms with van der Waals surface area (Å²) in [6.07, 6.45) is 0. The number of halogens is 3. The molecule has 0 N–H and O–H groups in total. The van der Waals surface area contributed by atoms with Crippen LogP contribution in [-0.2, 0) is 0 Å². The Morgan fingerprint density at radius 2 is 1.29 bits per heavy atom. The maximum absolute atomic E-state index is 6.02. The quantitative estimate of drug-likeness (QED) is 0.540. The van der Waals surface area contributed by atoms with Crippen LogP contribution in [0.2, 0.25) is 15.1 Å². The third-order valence-corrected chi connectivity index (χ3v) is 3.18. The van der Waals surface area contributed by atoms with Crippen LogP contribution in [0.5, 0.6) is 23.0 Å². The van der Waals surface area contributed by atoms with Crippen LogP contribution in [0.15, 0.2) is 30.3 Å². The second kappa shape index (κ2) is 3.98. The molecular formula is C12H5Cl3O2. The van der Waals surface area contributed by atoms with Crippen LogP contribution in [0.4, 0.5) is 0 Å². The van der Waals surface area contributed by atoms with E-state index in [9.17, 15) is 0 Å². The van der Waals surface area contributed by atoms with Crippen molar-refractivity contribution < 1.29 is 9.47 Å². The van der Waals surface area contributed by atoms with E-state index in [0.717, 1.165) is 0 Å². The fourth-order valence-electron chi connectivity index (χ4n) is 1.57. The highest BCUT2D eigenvalue weighted by Gasteiger charge is 2.23. The van der Waals surface area contributed by atoms with Gasteiger partial charge in [0.05, 0.1) is 10.0 Å². The Morgan fingerprint density at radius 1 is 0.706 bits per heavy atom. The molecule has 0 saturated heterocycles. The molecule has 1 aliphatic rings. The standard InChI is InChI=1S/C12H5Cl3O2/c13-6-1-4-9-10(5-6)17-12-8(15)3-2-7(14)11(12)16-9/h1-5H. The van der Waals surface area contributed by atoms with Crippen LogP contribution in [0.1, 0.15) is 0 Å². The average molecular weight is 288 g/mol. The maximum Gasteiger partial charge on any atom is 0.190 e. The summed E-state index contributed by atoms with van der Waals surface area (Å²) in [5.41, 5.74) is 0. The molecule has 1 heterocycles. The number of fused-ring (bicyclic) bond motifs is 2. The summed E-state index contributed by atoms with van der Waals surface area (Å²) < 4.78 is 11.3. The van der Waals surface area contributed by atoms with Crippen LogP contribution in [0.25, 0.3) is 0 Å². The van der Waals surface area contributed by atoms with E-state index in [1.165, 1.54) is 0 Å². The van der Waals surface area contributed by atoms with Gasteiger partial charge in [-0.05, 0) is 24.3 Å². The molecule has 0 bridgehead atoms. The smallest absolute Gasteiger partial charge is 0.190 e. The average Bonchev–Trinajstić information content (AvgIpc) is 2.32. The first-order valence-corrected chi connectivity index (χ1v) is 5.92. The number of hydrogen-bond acceptors (Lipinski definition) is 2. The molecule has 0 saturated carbocycles. The van der Waals surface area contributed by atoms with E-state index >= 15 is 0 Å². The van der Waals surface area contributed by atoms with Gasteiger partial charge in [-0.3, -0.25) is 0 Å². The Morgan fingerprint density at radius 3 is 1.94 bits per heavy atom. The minimum Gasteiger partial charge on any atom is -0.448 e. The van der Waals surface area contributed by atoms with Gasteiger partial charge in [-0.2, -0.15) is 0 Å². The maximum atomic E-state index is 6.02. The van der Waals surface area contributed by atoms with Crippen LogP contribution in [-0.4, -0.2) is 0 Å². The van der Waals surface area contributed by atoms with Crippen molar-refractivity contribution in [3.05, 3.63) is 45.4 Å². The second-order valence-electron chi connectivity index (χ2n) is 3.48. The van der Waals surface area contributed by atoms with Gasteiger partial charge in [0.2, 0.25) is 0 Å². The molecule has 2 aromatic rings. The van der Waals surface area contributed by atoms with Gasteiger partial charge in [0.1, 0.15) is 0 Å². The third-order valence-electron chi connectivity index (χ3n) is 2.35. The molecule has 1 aliphatic heterocycles. The first-order valence-electron chi connectivity index (χ1n) is 4.78. The highest BCUT2D eigenvalue weighted by Crippen LogP contribution is 2.51. The lowest BCUT2D eigenvalue weighted by Gasteiger charge is -2.22. The zero-order valence-electron chi connectivity index (χ0n) is 8.34. The molecule has 0 atom stereocenters. The molecule has 2 nitrogen and oxygen atoms in total. The zero-order valence-corrected chi connectivity index (χ0v) is 10.6. The van der Waals surface area contributed by atoms with E-state index in [2.05, 4.69) is 0 Å². The summed E-state index contributed by atoms with van der Waals surface area (Å²) in [4.78, 5) is 0. The fraction of sp³-hybridized carbons (Fsp3) is 0. The van der Waals surface area contributed by atoms with Crippen molar-refractivity contribution in [1.29, 1.82) is 0 Å². The number of benzene rings is 2. The number of rotatable bonds is 0. The van der Waals surface area contributed by atoms with E-state index in [0.29, 0.717) is 38.1 Å². The van der Waals surface area contributed by atoms with Gasteiger partial charge in [0.15, 0.2) is 23.0 Å². The van der Waals surface area contributed by atoms with Crippen molar-refractivity contribution in [1.82, 2.24) is 0 Å². The van der Waals surface area contributed by atoms with E-state index in [4.69, 9.17) is 44.3 Å². The van der Waals surface area contributed by atoms with Gasteiger partial charge in [0, 0.05) is 11.1 Å². The van der Waals surface area contributed by atoms with Gasteiger partial charge in [-0.15, -0.1) is 0 Å². The minimum atomic E-state index is 0.411. The molecule has 5 heteroatoms. The molecule has 0 amide bonds. The van der Waals surface area contributed by atoms with Crippen molar-refractivity contribution in [2.24, 2.45) is 0 Å². The molecule has 0 fully saturated rings. The Balaban J connectivity index is 2.17. The Kier molecular flexibility index (Phi) is 2.58. The Bertz CT molecular complexity index is 611. The molecule has 0 radical (unpaired) electrons. The predicted octanol–water partition coefficient (Wildman–Crippen LogP) is 5.54. The highest BCUT2D eigenvalue weighted by molar-refractivity contribution is 6.35. The van der Waals surface area contributed by atoms with Crippen molar-refractivity contribution in [3.8, 4) is 23.0 Å². The first-order chi connectivity index (χ1) is 8.15. The van der Waals surface area contributed by atoms with Gasteiger partial charge in [-0.25, -0.2) is 0 Å². The highest BCUT2D eigenvalue weighted by atomic mass is 35.5. The number of ether oxygens (including phenoxy) is 2. The third kappa shape index (κ3) is 1.82. The van der Waals surface area contributed by atoms with Crippen LogP contribution in [0, 0.1) is 0 Å². The summed E-state index contributed by atoms with van der Waals surface area (Å²) in [7, 11) is 0. The lowest BCUT2D eigenvalue weighted by atomic mass is 10.2. The summed E-state index contributed by atoms with van der Waals surface area (Å²) in [5.74, 6) is 1.92. The fourth-order valence-corrected chi connectivity index (χ4v) is 2.11. The predicted molar refractivity (Wildman–Crippen MR) is 68.1 cm³/mol. The van der Waals surface area contributed by atoms with Crippen LogP contribution in [0.3, 0.4) is 0 Å². The Hall–Kier alpha value is -1.09. The van der Waals surface area contributed by atoms with E-state index in [1.807, 2.05) is 0 Å². The SMILES string of the molecule is Clc1ccc2c(c1)Oc1c(Cl)ccc(Cl)c1O2. The summed E-state index contributed by atoms with van der Waals surface area (Å²) in [6.45, 7) is 0. The minimum absolute atomic E-state index is 0.411. The van der Waals surface area contributed by atoms with E-state index in [1.54, 1.807) is 30.3 Å². The molecule has 0 aliphatic carbocycles. The van der Waals surface area contributed by atoms with Crippen molar-refractivity contribution in [2.45, 2.75) is 0 Å². The molecule has 0 spiro atoms. The molecule has 86 valence electrons. The lowest BCUT2D eigenvalue weighted by Crippen LogP contribution is -1.99. The van der Waals surface area contributed by atoms with Crippen molar-refractivity contribution in [2.75, 3.05) is 0 Å². The lowest BCUT2D eigenvalue weighted by molar-refractivity contribution is 0.360. The molecule has 0 unspecified atom stereocenters. The largest absolute Gasteiger partial charge is 0.448 e. The zero-order chi connectivity index (χ0) is 12.0. The van der Waals surface area contributed by atoms with Crippen molar-refractivity contribution in [3.63, 3.8) is 0 Å². The summed E-state index contributed by atoms with van der Waals surface area (Å²) in [6, 6.07) is 8.41. The van der Waals surface area contributed by atoms with Crippen LogP contribution < -0.4 is 9.47 Å². The monoisotopic (exact) mass is 286 g/mol. The second-order valence-corrected chi connectivity index (χ2v) is 4.73. The normalized spacial score (nSPS) is 12.2. The summed E-state index contributed by atoms with van der Waals surface area (Å²) in [5, 5.41) is 1.45. The van der Waals surface area contributed by atoms with E-state index in [-0.39, 0.29) is 0 Å². The van der Waals surface area contributed by atoms with Gasteiger partial charge in [0.25, 0.3) is 0 Å². The van der Waals surface area contributed by atoms with Crippen molar-refractivity contribution >= 4 is 34.8 Å². The first kappa shape index (κ1) is 11.0. The molecule has 3 rings (SSSR count). The van der Waals surface area contributed by atoms with Gasteiger partial charge >= 0.3 is 0 Å². The summed E-state index contributed by atoms with van der Waals surface area (Å²) >= 11 is 17.9. The molecule has 2 aromatic carbocycles. The topological polar surface area (TPSA) is 18.5 Å². The molecular weight excluding hydrogens is 282 g/mol. The van der Waals surface area contributed by atoms with E-state index < -0.39 is 0 Å². The molecule has 0 aromatic heterocycles. The number of hydrogen-bond donors (Lipinski definition) is 0. The van der Waals surface area contributed by atoms with Crippen LogP contribution >= 0.6 is 34.8 Å². The molecule has 17 heavy (non-hydrogen) atoms. The van der Waals surface area contributed by atoms with Gasteiger partial charge < -0.3 is 9.47 Å². The van der Waals surface area contributed by atoms with Gasteiger partial charge in [-0.1, -0.05) is 34.8 Å².